The van der Waals surface area contributed by atoms with Gasteiger partial charge in [-0.15, -0.1) is 6.58 Å². The van der Waals surface area contributed by atoms with Crippen molar-refractivity contribution in [3.63, 3.8) is 0 Å². The molecule has 1 aliphatic rings. The van der Waals surface area contributed by atoms with Crippen molar-refractivity contribution in [2.75, 3.05) is 6.61 Å². The molecule has 0 spiro atoms. The summed E-state index contributed by atoms with van der Waals surface area (Å²) in [7, 11) is 0. The largest absolute Gasteiger partial charge is 0.392 e. The van der Waals surface area contributed by atoms with Crippen LogP contribution in [0.5, 0.6) is 0 Å². The molecular formula is C10H14O2. The van der Waals surface area contributed by atoms with Crippen LogP contribution in [0.1, 0.15) is 19.3 Å². The highest BCUT2D eigenvalue weighted by atomic mass is 16.3. The third-order valence-electron chi connectivity index (χ3n) is 2.53. The highest BCUT2D eigenvalue weighted by Crippen LogP contribution is 2.34. The van der Waals surface area contributed by atoms with E-state index < -0.39 is 0 Å². The van der Waals surface area contributed by atoms with Gasteiger partial charge in [-0.1, -0.05) is 12.2 Å². The molecule has 1 rings (SSSR count). The standard InChI is InChI=1S/C10H14O2/c1-2-10(8-12)5-3-9(7-11)4-6-10/h2-3,8,11H,1,4-7H2. The average molecular weight is 166 g/mol. The van der Waals surface area contributed by atoms with Crippen LogP contribution in [0.2, 0.25) is 0 Å². The Morgan fingerprint density at radius 2 is 2.50 bits per heavy atom. The van der Waals surface area contributed by atoms with Crippen molar-refractivity contribution in [2.45, 2.75) is 19.3 Å². The summed E-state index contributed by atoms with van der Waals surface area (Å²) in [6.45, 7) is 3.77. The minimum Gasteiger partial charge on any atom is -0.392 e. The second kappa shape index (κ2) is 3.68. The summed E-state index contributed by atoms with van der Waals surface area (Å²) >= 11 is 0. The zero-order valence-corrected chi connectivity index (χ0v) is 7.12. The van der Waals surface area contributed by atoms with Crippen LogP contribution in [-0.4, -0.2) is 18.0 Å². The molecule has 1 N–H and O–H groups in total. The summed E-state index contributed by atoms with van der Waals surface area (Å²) in [6.07, 6.45) is 6.90. The third kappa shape index (κ3) is 1.64. The predicted octanol–water partition coefficient (Wildman–Crippen LogP) is 1.46. The molecule has 0 saturated carbocycles. The van der Waals surface area contributed by atoms with E-state index in [0.29, 0.717) is 6.42 Å². The smallest absolute Gasteiger partial charge is 0.130 e. The van der Waals surface area contributed by atoms with E-state index in [1.54, 1.807) is 6.08 Å². The minimum absolute atomic E-state index is 0.117. The van der Waals surface area contributed by atoms with Gasteiger partial charge in [-0.2, -0.15) is 0 Å². The summed E-state index contributed by atoms with van der Waals surface area (Å²) in [6, 6.07) is 0. The van der Waals surface area contributed by atoms with Gasteiger partial charge in [0.05, 0.1) is 6.61 Å². The Hall–Kier alpha value is -0.890. The van der Waals surface area contributed by atoms with Crippen LogP contribution < -0.4 is 0 Å². The van der Waals surface area contributed by atoms with Gasteiger partial charge in [0.25, 0.3) is 0 Å². The minimum atomic E-state index is -0.362. The van der Waals surface area contributed by atoms with Gasteiger partial charge in [-0.3, -0.25) is 0 Å². The zero-order valence-electron chi connectivity index (χ0n) is 7.12. The molecule has 0 fully saturated rings. The van der Waals surface area contributed by atoms with Gasteiger partial charge in [-0.25, -0.2) is 0 Å². The summed E-state index contributed by atoms with van der Waals surface area (Å²) in [5.74, 6) is 0. The number of aliphatic hydroxyl groups is 1. The van der Waals surface area contributed by atoms with E-state index in [9.17, 15) is 4.79 Å². The summed E-state index contributed by atoms with van der Waals surface area (Å²) in [5, 5.41) is 8.82. The molecule has 1 aliphatic carbocycles. The average Bonchev–Trinajstić information content (AvgIpc) is 2.18. The van der Waals surface area contributed by atoms with E-state index in [1.807, 2.05) is 6.08 Å². The summed E-state index contributed by atoms with van der Waals surface area (Å²) < 4.78 is 0. The Morgan fingerprint density at radius 1 is 1.75 bits per heavy atom. The second-order valence-corrected chi connectivity index (χ2v) is 3.28. The first-order valence-electron chi connectivity index (χ1n) is 4.15. The second-order valence-electron chi connectivity index (χ2n) is 3.28. The first kappa shape index (κ1) is 9.20. The van der Waals surface area contributed by atoms with E-state index in [-0.39, 0.29) is 12.0 Å². The van der Waals surface area contributed by atoms with Crippen molar-refractivity contribution in [2.24, 2.45) is 5.41 Å². The Balaban J connectivity index is 2.71. The van der Waals surface area contributed by atoms with Crippen LogP contribution in [0.4, 0.5) is 0 Å². The van der Waals surface area contributed by atoms with Crippen molar-refractivity contribution in [3.05, 3.63) is 24.3 Å². The summed E-state index contributed by atoms with van der Waals surface area (Å²) in [5.41, 5.74) is 0.674. The monoisotopic (exact) mass is 166 g/mol. The normalized spacial score (nSPS) is 29.2. The van der Waals surface area contributed by atoms with Crippen LogP contribution in [0.15, 0.2) is 24.3 Å². The third-order valence-corrected chi connectivity index (χ3v) is 2.53. The lowest BCUT2D eigenvalue weighted by Gasteiger charge is -2.27. The Kier molecular flexibility index (Phi) is 2.82. The first-order chi connectivity index (χ1) is 5.76. The predicted molar refractivity (Wildman–Crippen MR) is 47.7 cm³/mol. The molecule has 0 aromatic heterocycles. The van der Waals surface area contributed by atoms with E-state index >= 15 is 0 Å². The van der Waals surface area contributed by atoms with Gasteiger partial charge in [0.2, 0.25) is 0 Å². The quantitative estimate of drug-likeness (QED) is 0.509. The maximum atomic E-state index is 10.7. The Morgan fingerprint density at radius 3 is 2.83 bits per heavy atom. The van der Waals surface area contributed by atoms with Crippen molar-refractivity contribution in [3.8, 4) is 0 Å². The molecule has 0 bridgehead atoms. The number of aliphatic hydroxyl groups excluding tert-OH is 1. The lowest BCUT2D eigenvalue weighted by molar-refractivity contribution is -0.114. The first-order valence-corrected chi connectivity index (χ1v) is 4.15. The molecule has 2 nitrogen and oxygen atoms in total. The van der Waals surface area contributed by atoms with Crippen molar-refractivity contribution in [1.82, 2.24) is 0 Å². The molecule has 0 aromatic rings. The number of carbonyl (C=O) groups excluding carboxylic acids is 1. The molecule has 12 heavy (non-hydrogen) atoms. The SMILES string of the molecule is C=CC1(C=O)CC=C(CO)CC1. The number of carbonyl (C=O) groups is 1. The van der Waals surface area contributed by atoms with Gasteiger partial charge >= 0.3 is 0 Å². The number of rotatable bonds is 3. The molecule has 2 heteroatoms. The molecule has 0 radical (unpaired) electrons. The van der Waals surface area contributed by atoms with Crippen LogP contribution in [0, 0.1) is 5.41 Å². The summed E-state index contributed by atoms with van der Waals surface area (Å²) in [4.78, 5) is 10.7. The van der Waals surface area contributed by atoms with E-state index in [4.69, 9.17) is 5.11 Å². The van der Waals surface area contributed by atoms with Crippen LogP contribution >= 0.6 is 0 Å². The molecule has 1 unspecified atom stereocenters. The lowest BCUT2D eigenvalue weighted by Crippen LogP contribution is -2.22. The number of hydrogen-bond acceptors (Lipinski definition) is 2. The Bertz CT molecular complexity index is 208. The van der Waals surface area contributed by atoms with Crippen LogP contribution in [0.3, 0.4) is 0 Å². The maximum absolute atomic E-state index is 10.7. The Labute approximate surface area is 72.6 Å². The molecular weight excluding hydrogens is 152 g/mol. The van der Waals surface area contributed by atoms with Gasteiger partial charge in [0.1, 0.15) is 6.29 Å². The zero-order chi connectivity index (χ0) is 9.03. The number of hydrogen-bond donors (Lipinski definition) is 1. The molecule has 0 aromatic carbocycles. The lowest BCUT2D eigenvalue weighted by atomic mass is 9.76. The van der Waals surface area contributed by atoms with Crippen LogP contribution in [0.25, 0.3) is 0 Å². The fourth-order valence-corrected chi connectivity index (χ4v) is 1.42. The topological polar surface area (TPSA) is 37.3 Å². The van der Waals surface area contributed by atoms with E-state index in [0.717, 1.165) is 24.7 Å². The van der Waals surface area contributed by atoms with Gasteiger partial charge < -0.3 is 9.90 Å². The molecule has 0 heterocycles. The number of allylic oxidation sites excluding steroid dienone is 2. The number of aldehydes is 1. The molecule has 0 saturated heterocycles. The fourth-order valence-electron chi connectivity index (χ4n) is 1.42. The van der Waals surface area contributed by atoms with E-state index in [2.05, 4.69) is 6.58 Å². The van der Waals surface area contributed by atoms with Gasteiger partial charge in [0, 0.05) is 5.41 Å². The molecule has 0 aliphatic heterocycles. The van der Waals surface area contributed by atoms with Crippen molar-refractivity contribution < 1.29 is 9.90 Å². The van der Waals surface area contributed by atoms with Gasteiger partial charge in [0.15, 0.2) is 0 Å². The molecule has 1 atom stereocenters. The maximum Gasteiger partial charge on any atom is 0.130 e. The van der Waals surface area contributed by atoms with Gasteiger partial charge in [-0.05, 0) is 24.8 Å². The van der Waals surface area contributed by atoms with Crippen molar-refractivity contribution >= 4 is 6.29 Å². The van der Waals surface area contributed by atoms with Crippen LogP contribution in [-0.2, 0) is 4.79 Å². The fraction of sp³-hybridized carbons (Fsp3) is 0.500. The molecule has 66 valence electrons. The highest BCUT2D eigenvalue weighted by molar-refractivity contribution is 5.63. The van der Waals surface area contributed by atoms with Crippen molar-refractivity contribution in [1.29, 1.82) is 0 Å². The molecule has 0 amide bonds. The highest BCUT2D eigenvalue weighted by Gasteiger charge is 2.27. The van der Waals surface area contributed by atoms with E-state index in [1.165, 1.54) is 0 Å².